The second-order valence-corrected chi connectivity index (χ2v) is 10.2. The van der Waals surface area contributed by atoms with E-state index in [1.807, 2.05) is 36.4 Å². The zero-order valence-electron chi connectivity index (χ0n) is 21.2. The number of aromatic hydroxyl groups is 1. The number of aromatic amines is 1. The van der Waals surface area contributed by atoms with Gasteiger partial charge in [0.05, 0.1) is 18.6 Å². The highest BCUT2D eigenvalue weighted by atomic mass is 16.3. The minimum atomic E-state index is -0.593. The maximum atomic E-state index is 12.0. The van der Waals surface area contributed by atoms with Gasteiger partial charge in [-0.15, -0.1) is 0 Å². The summed E-state index contributed by atoms with van der Waals surface area (Å²) in [6, 6.07) is 16.1. The number of nitrogens with one attached hydrogen (secondary N) is 2. The maximum Gasteiger partial charge on any atom is 0.293 e. The highest BCUT2D eigenvalue weighted by molar-refractivity contribution is 5.81. The van der Waals surface area contributed by atoms with Gasteiger partial charge in [0.2, 0.25) is 11.7 Å². The van der Waals surface area contributed by atoms with Gasteiger partial charge in [-0.25, -0.2) is 4.98 Å². The van der Waals surface area contributed by atoms with Gasteiger partial charge in [-0.1, -0.05) is 36.1 Å². The molecule has 0 spiro atoms. The molecule has 2 fully saturated rings. The van der Waals surface area contributed by atoms with Gasteiger partial charge in [-0.05, 0) is 54.7 Å². The van der Waals surface area contributed by atoms with Crippen LogP contribution in [0, 0.1) is 17.8 Å². The van der Waals surface area contributed by atoms with Crippen LogP contribution in [-0.2, 0) is 17.8 Å². The smallest absolute Gasteiger partial charge is 0.293 e. The van der Waals surface area contributed by atoms with Crippen molar-refractivity contribution in [3.8, 4) is 17.6 Å². The molecule has 0 radical (unpaired) electrons. The van der Waals surface area contributed by atoms with Crippen molar-refractivity contribution >= 4 is 5.91 Å². The van der Waals surface area contributed by atoms with E-state index in [0.717, 1.165) is 55.6 Å². The number of H-pyrrole nitrogens is 1. The van der Waals surface area contributed by atoms with Gasteiger partial charge in [0.15, 0.2) is 0 Å². The molecule has 1 amide bonds. The Bertz CT molecular complexity index is 1380. The van der Waals surface area contributed by atoms with Crippen LogP contribution in [0.5, 0.6) is 5.75 Å². The van der Waals surface area contributed by atoms with Crippen LogP contribution in [-0.4, -0.2) is 56.7 Å². The van der Waals surface area contributed by atoms with Crippen molar-refractivity contribution < 1.29 is 15.0 Å². The fourth-order valence-corrected chi connectivity index (χ4v) is 4.79. The van der Waals surface area contributed by atoms with Gasteiger partial charge in [0.25, 0.3) is 5.56 Å². The Balaban J connectivity index is 1.15. The molecule has 38 heavy (non-hydrogen) atoms. The van der Waals surface area contributed by atoms with Crippen LogP contribution in [0.1, 0.15) is 53.1 Å². The van der Waals surface area contributed by atoms with Crippen molar-refractivity contribution in [1.29, 1.82) is 0 Å². The molecular weight excluding hydrogens is 480 g/mol. The molecule has 3 aromatic rings. The first-order chi connectivity index (χ1) is 18.5. The van der Waals surface area contributed by atoms with Gasteiger partial charge in [0.1, 0.15) is 0 Å². The minimum Gasteiger partial charge on any atom is -0.502 e. The fraction of sp³-hybridized carbons (Fsp3) is 0.367. The minimum absolute atomic E-state index is 0.140. The third kappa shape index (κ3) is 6.49. The molecule has 4 N–H and O–H groups in total. The van der Waals surface area contributed by atoms with Crippen molar-refractivity contribution in [2.75, 3.05) is 19.7 Å². The van der Waals surface area contributed by atoms with Crippen molar-refractivity contribution in [1.82, 2.24) is 20.2 Å². The Morgan fingerprint density at radius 2 is 1.76 bits per heavy atom. The van der Waals surface area contributed by atoms with Gasteiger partial charge < -0.3 is 20.5 Å². The number of carbonyl (C=O) groups is 1. The van der Waals surface area contributed by atoms with Crippen LogP contribution in [0.15, 0.2) is 59.7 Å². The largest absolute Gasteiger partial charge is 0.502 e. The van der Waals surface area contributed by atoms with E-state index in [0.29, 0.717) is 0 Å². The summed E-state index contributed by atoms with van der Waals surface area (Å²) in [6.07, 6.45) is 4.57. The molecular formula is C30H32N4O4. The van der Waals surface area contributed by atoms with Gasteiger partial charge >= 0.3 is 0 Å². The molecule has 1 aliphatic heterocycles. The average Bonchev–Trinajstić information content (AvgIpc) is 3.70. The first-order valence-electron chi connectivity index (χ1n) is 13.1. The summed E-state index contributed by atoms with van der Waals surface area (Å²) >= 11 is 0. The normalized spacial score (nSPS) is 18.0. The number of hydrogen-bond acceptors (Lipinski definition) is 6. The predicted molar refractivity (Wildman–Crippen MR) is 143 cm³/mol. The molecule has 8 heteroatoms. The van der Waals surface area contributed by atoms with Crippen molar-refractivity contribution in [2.45, 2.75) is 44.2 Å². The second-order valence-electron chi connectivity index (χ2n) is 10.2. The lowest BCUT2D eigenvalue weighted by molar-refractivity contribution is -0.122. The monoisotopic (exact) mass is 512 g/mol. The molecule has 1 saturated carbocycles. The van der Waals surface area contributed by atoms with Crippen LogP contribution < -0.4 is 10.9 Å². The summed E-state index contributed by atoms with van der Waals surface area (Å²) in [6.45, 7) is 2.61. The van der Waals surface area contributed by atoms with E-state index in [9.17, 15) is 19.8 Å². The summed E-state index contributed by atoms with van der Waals surface area (Å²) in [7, 11) is 0. The van der Waals surface area contributed by atoms with E-state index in [2.05, 4.69) is 44.2 Å². The van der Waals surface area contributed by atoms with E-state index in [4.69, 9.17) is 0 Å². The van der Waals surface area contributed by atoms with Crippen LogP contribution >= 0.6 is 0 Å². The molecule has 1 unspecified atom stereocenters. The van der Waals surface area contributed by atoms with E-state index < -0.39 is 11.3 Å². The Hall–Kier alpha value is -3.93. The summed E-state index contributed by atoms with van der Waals surface area (Å²) in [5.41, 5.74) is 3.54. The zero-order chi connectivity index (χ0) is 26.5. The Kier molecular flexibility index (Phi) is 7.87. The molecule has 1 saturated heterocycles. The third-order valence-electron chi connectivity index (χ3n) is 7.22. The first kappa shape index (κ1) is 25.7. The highest BCUT2D eigenvalue weighted by Crippen LogP contribution is 2.29. The second kappa shape index (κ2) is 11.6. The van der Waals surface area contributed by atoms with Crippen LogP contribution in [0.2, 0.25) is 0 Å². The van der Waals surface area contributed by atoms with E-state index in [1.54, 1.807) is 0 Å². The fourth-order valence-electron chi connectivity index (χ4n) is 4.79. The lowest BCUT2D eigenvalue weighted by Crippen LogP contribution is -2.37. The summed E-state index contributed by atoms with van der Waals surface area (Å²) in [4.78, 5) is 32.3. The number of carbonyl (C=O) groups excluding carboxylic acids is 1. The highest BCUT2D eigenvalue weighted by Gasteiger charge is 2.32. The number of hydrogen-bond donors (Lipinski definition) is 4. The van der Waals surface area contributed by atoms with Gasteiger partial charge in [-0.2, -0.15) is 0 Å². The topological polar surface area (TPSA) is 119 Å². The van der Waals surface area contributed by atoms with Crippen molar-refractivity contribution in [2.24, 2.45) is 5.92 Å². The molecule has 5 rings (SSSR count). The maximum absolute atomic E-state index is 12.0. The molecule has 2 aliphatic rings. The summed E-state index contributed by atoms with van der Waals surface area (Å²) < 4.78 is 0. The Labute approximate surface area is 221 Å². The van der Waals surface area contributed by atoms with Crippen LogP contribution in [0.25, 0.3) is 0 Å². The number of aliphatic hydroxyl groups excluding tert-OH is 1. The van der Waals surface area contributed by atoms with Crippen LogP contribution in [0.3, 0.4) is 0 Å². The number of rotatable bonds is 8. The average molecular weight is 513 g/mol. The van der Waals surface area contributed by atoms with E-state index in [1.165, 1.54) is 11.9 Å². The molecule has 8 nitrogen and oxygen atoms in total. The third-order valence-corrected chi connectivity index (χ3v) is 7.22. The summed E-state index contributed by atoms with van der Waals surface area (Å²) in [5, 5.41) is 23.0. The number of nitrogens with zero attached hydrogens (tertiary/aromatic N) is 2. The van der Waals surface area contributed by atoms with Gasteiger partial charge in [-0.3, -0.25) is 14.5 Å². The predicted octanol–water partition coefficient (Wildman–Crippen LogP) is 2.29. The summed E-state index contributed by atoms with van der Waals surface area (Å²) in [5.74, 6) is 6.15. The number of aromatic nitrogens is 2. The number of aliphatic hydroxyl groups is 1. The Morgan fingerprint density at radius 1 is 1.08 bits per heavy atom. The van der Waals surface area contributed by atoms with E-state index >= 15 is 0 Å². The molecule has 2 atom stereocenters. The molecule has 2 aromatic carbocycles. The number of likely N-dealkylation sites (tertiary alicyclic amines) is 1. The number of benzene rings is 2. The van der Waals surface area contributed by atoms with Crippen molar-refractivity contribution in [3.05, 3.63) is 93.2 Å². The molecule has 1 aliphatic carbocycles. The van der Waals surface area contributed by atoms with Crippen molar-refractivity contribution in [3.63, 3.8) is 0 Å². The van der Waals surface area contributed by atoms with Gasteiger partial charge in [0, 0.05) is 55.1 Å². The zero-order valence-corrected chi connectivity index (χ0v) is 21.2. The number of amides is 1. The molecule has 0 bridgehead atoms. The lowest BCUT2D eigenvalue weighted by atomic mass is 9.94. The molecule has 1 aromatic heterocycles. The molecule has 196 valence electrons. The Morgan fingerprint density at radius 3 is 2.42 bits per heavy atom. The van der Waals surface area contributed by atoms with Crippen LogP contribution in [0.4, 0.5) is 0 Å². The quantitative estimate of drug-likeness (QED) is 0.344. The lowest BCUT2D eigenvalue weighted by Gasteiger charge is -2.17. The SMILES string of the molecule is O=C(N[C@@H]1CCN(Cc2ccc(C#Cc3ccc(C(CO)Cc4nc[nH]c(=O)c4O)cc3)cc2)C1)C1CC1. The van der Waals surface area contributed by atoms with E-state index in [-0.39, 0.29) is 42.5 Å². The first-order valence-corrected chi connectivity index (χ1v) is 13.1. The molecule has 2 heterocycles. The standard InChI is InChI=1S/C30H32N4O4/c35-18-25(15-27-28(36)30(38)32-19-31-27)23-9-7-21(8-10-23)2-1-20-3-5-22(6-4-20)16-34-14-13-26(17-34)33-29(37)24-11-12-24/h3-10,19,24-26,35-36H,11-18H2,(H,33,37)(H,31,32,38)/t25?,26-/m1/s1.